The molecule has 3 heterocycles. The Hall–Kier alpha value is -1.82. The Balaban J connectivity index is 1.56. The Kier molecular flexibility index (Phi) is 5.15. The maximum Gasteiger partial charge on any atom is 0.194 e. The van der Waals surface area contributed by atoms with Crippen molar-refractivity contribution in [2.24, 2.45) is 10.4 Å². The van der Waals surface area contributed by atoms with Gasteiger partial charge in [-0.15, -0.1) is 0 Å². The number of guanidine groups is 1. The lowest BCUT2D eigenvalue weighted by molar-refractivity contribution is -0.0667. The first-order valence-corrected chi connectivity index (χ1v) is 9.61. The fourth-order valence-corrected chi connectivity index (χ4v) is 3.62. The van der Waals surface area contributed by atoms with Gasteiger partial charge in [0.2, 0.25) is 0 Å². The second-order valence-electron chi connectivity index (χ2n) is 8.74. The molecule has 0 saturated carbocycles. The number of anilines is 1. The predicted octanol–water partition coefficient (Wildman–Crippen LogP) is 2.03. The van der Waals surface area contributed by atoms with Crippen molar-refractivity contribution in [3.63, 3.8) is 0 Å². The van der Waals surface area contributed by atoms with E-state index in [1.54, 1.807) is 0 Å². The molecule has 144 valence electrons. The topological polar surface area (TPSA) is 47.0 Å². The third kappa shape index (κ3) is 3.52. The highest BCUT2D eigenvalue weighted by Crippen LogP contribution is 2.46. The molecule has 2 aliphatic rings. The average molecular weight is 359 g/mol. The van der Waals surface area contributed by atoms with Gasteiger partial charge in [0.25, 0.3) is 0 Å². The molecule has 2 fully saturated rings. The Morgan fingerprint density at radius 3 is 2.35 bits per heavy atom. The molecule has 1 aromatic heterocycles. The van der Waals surface area contributed by atoms with Crippen molar-refractivity contribution in [2.45, 2.75) is 39.8 Å². The van der Waals surface area contributed by atoms with Crippen LogP contribution in [0.15, 0.2) is 23.3 Å². The highest BCUT2D eigenvalue weighted by molar-refractivity contribution is 5.82. The zero-order chi connectivity index (χ0) is 18.9. The summed E-state index contributed by atoms with van der Waals surface area (Å²) in [7, 11) is 4.03. The van der Waals surface area contributed by atoms with Crippen molar-refractivity contribution >= 4 is 11.8 Å². The quantitative estimate of drug-likeness (QED) is 0.662. The van der Waals surface area contributed by atoms with Gasteiger partial charge in [-0.3, -0.25) is 4.99 Å². The molecule has 0 bridgehead atoms. The molecule has 26 heavy (non-hydrogen) atoms. The first kappa shape index (κ1) is 19.0. The molecule has 2 aliphatic heterocycles. The first-order chi connectivity index (χ1) is 12.2. The van der Waals surface area contributed by atoms with Crippen LogP contribution in [0.2, 0.25) is 0 Å². The van der Waals surface area contributed by atoms with Gasteiger partial charge in [0.1, 0.15) is 5.82 Å². The summed E-state index contributed by atoms with van der Waals surface area (Å²) in [6, 6.07) is 4.31. The number of aromatic nitrogens is 1. The summed E-state index contributed by atoms with van der Waals surface area (Å²) < 4.78 is 0. The van der Waals surface area contributed by atoms with E-state index < -0.39 is 0 Å². The van der Waals surface area contributed by atoms with E-state index in [2.05, 4.69) is 76.9 Å². The normalized spacial score (nSPS) is 22.9. The molecule has 6 heteroatoms. The van der Waals surface area contributed by atoms with Crippen molar-refractivity contribution < 1.29 is 0 Å². The van der Waals surface area contributed by atoms with Crippen LogP contribution < -0.4 is 10.2 Å². The van der Waals surface area contributed by atoms with Gasteiger partial charge in [-0.1, -0.05) is 19.9 Å². The van der Waals surface area contributed by atoms with Gasteiger partial charge < -0.3 is 20.0 Å². The van der Waals surface area contributed by atoms with Crippen LogP contribution in [0.25, 0.3) is 0 Å². The summed E-state index contributed by atoms with van der Waals surface area (Å²) in [6.07, 6.45) is 1.99. The molecule has 1 aromatic rings. The van der Waals surface area contributed by atoms with E-state index in [1.165, 1.54) is 5.56 Å². The van der Waals surface area contributed by atoms with Gasteiger partial charge in [0.05, 0.1) is 0 Å². The number of nitrogens with one attached hydrogen (secondary N) is 1. The van der Waals surface area contributed by atoms with E-state index in [0.717, 1.165) is 51.0 Å². The highest BCUT2D eigenvalue weighted by Gasteiger charge is 2.53. The van der Waals surface area contributed by atoms with Gasteiger partial charge in [-0.2, -0.15) is 0 Å². The molecule has 1 N–H and O–H groups in total. The SMILES string of the molecule is CN=C(NCc1ccc(N2CCN(C)CC2)nc1)N1CC(C)(C)C1(C)C. The molecular weight excluding hydrogens is 324 g/mol. The molecule has 0 radical (unpaired) electrons. The highest BCUT2D eigenvalue weighted by atomic mass is 15.4. The second-order valence-corrected chi connectivity index (χ2v) is 8.74. The minimum absolute atomic E-state index is 0.109. The van der Waals surface area contributed by atoms with Gasteiger partial charge in [0, 0.05) is 63.5 Å². The van der Waals surface area contributed by atoms with E-state index in [1.807, 2.05) is 13.2 Å². The molecule has 0 amide bonds. The summed E-state index contributed by atoms with van der Waals surface area (Å²) in [5.41, 5.74) is 1.59. The van der Waals surface area contributed by atoms with Gasteiger partial charge in [-0.25, -0.2) is 4.98 Å². The Morgan fingerprint density at radius 1 is 1.15 bits per heavy atom. The number of hydrogen-bond donors (Lipinski definition) is 1. The lowest BCUT2D eigenvalue weighted by Gasteiger charge is -2.62. The summed E-state index contributed by atoms with van der Waals surface area (Å²) in [4.78, 5) is 16.2. The van der Waals surface area contributed by atoms with Crippen molar-refractivity contribution in [3.05, 3.63) is 23.9 Å². The van der Waals surface area contributed by atoms with Gasteiger partial charge in [0.15, 0.2) is 5.96 Å². The van der Waals surface area contributed by atoms with Crippen molar-refractivity contribution in [2.75, 3.05) is 51.7 Å². The maximum atomic E-state index is 4.68. The number of likely N-dealkylation sites (N-methyl/N-ethyl adjacent to an activating group) is 1. The first-order valence-electron chi connectivity index (χ1n) is 9.61. The summed E-state index contributed by atoms with van der Waals surface area (Å²) in [5.74, 6) is 2.05. The summed E-state index contributed by atoms with van der Waals surface area (Å²) >= 11 is 0. The van der Waals surface area contributed by atoms with Crippen LogP contribution in [0, 0.1) is 5.41 Å². The monoisotopic (exact) mass is 358 g/mol. The third-order valence-electron chi connectivity index (χ3n) is 6.44. The number of rotatable bonds is 3. The number of hydrogen-bond acceptors (Lipinski definition) is 4. The van der Waals surface area contributed by atoms with E-state index in [4.69, 9.17) is 0 Å². The zero-order valence-electron chi connectivity index (χ0n) is 17.2. The fraction of sp³-hybridized carbons (Fsp3) is 0.700. The van der Waals surface area contributed by atoms with Crippen LogP contribution in [-0.4, -0.2) is 73.1 Å². The van der Waals surface area contributed by atoms with Crippen LogP contribution in [-0.2, 0) is 6.54 Å². The summed E-state index contributed by atoms with van der Waals surface area (Å²) in [6.45, 7) is 15.3. The Labute approximate surface area is 158 Å². The number of likely N-dealkylation sites (tertiary alicyclic amines) is 1. The molecule has 0 spiro atoms. The standard InChI is InChI=1S/C20H34N6/c1-19(2)15-26(20(19,3)4)18(21-5)23-14-16-7-8-17(22-13-16)25-11-9-24(6)10-12-25/h7-8,13H,9-12,14-15H2,1-6H3,(H,21,23). The fourth-order valence-electron chi connectivity index (χ4n) is 3.62. The van der Waals surface area contributed by atoms with Crippen LogP contribution in [0.3, 0.4) is 0 Å². The number of aliphatic imine (C=N–C) groups is 1. The predicted molar refractivity (Wildman–Crippen MR) is 109 cm³/mol. The minimum Gasteiger partial charge on any atom is -0.354 e. The van der Waals surface area contributed by atoms with Gasteiger partial charge in [-0.05, 0) is 32.5 Å². The smallest absolute Gasteiger partial charge is 0.194 e. The lowest BCUT2D eigenvalue weighted by atomic mass is 9.65. The van der Waals surface area contributed by atoms with Crippen molar-refractivity contribution in [1.82, 2.24) is 20.1 Å². The number of nitrogens with zero attached hydrogens (tertiary/aromatic N) is 5. The lowest BCUT2D eigenvalue weighted by Crippen LogP contribution is -2.72. The van der Waals surface area contributed by atoms with E-state index in [-0.39, 0.29) is 5.54 Å². The Morgan fingerprint density at radius 2 is 1.85 bits per heavy atom. The van der Waals surface area contributed by atoms with Crippen LogP contribution in [0.4, 0.5) is 5.82 Å². The molecular formula is C20H34N6. The molecule has 6 nitrogen and oxygen atoms in total. The van der Waals surface area contributed by atoms with Gasteiger partial charge >= 0.3 is 0 Å². The summed E-state index contributed by atoms with van der Waals surface area (Å²) in [5, 5.41) is 3.50. The van der Waals surface area contributed by atoms with Crippen molar-refractivity contribution in [3.8, 4) is 0 Å². The van der Waals surface area contributed by atoms with E-state index in [0.29, 0.717) is 5.41 Å². The molecule has 0 aromatic carbocycles. The van der Waals surface area contributed by atoms with Crippen LogP contribution in [0.5, 0.6) is 0 Å². The van der Waals surface area contributed by atoms with Crippen LogP contribution >= 0.6 is 0 Å². The maximum absolute atomic E-state index is 4.68. The second kappa shape index (κ2) is 7.06. The van der Waals surface area contributed by atoms with E-state index in [9.17, 15) is 0 Å². The largest absolute Gasteiger partial charge is 0.354 e. The van der Waals surface area contributed by atoms with Crippen LogP contribution in [0.1, 0.15) is 33.3 Å². The Bertz CT molecular complexity index is 641. The zero-order valence-corrected chi connectivity index (χ0v) is 17.2. The van der Waals surface area contributed by atoms with Crippen molar-refractivity contribution in [1.29, 1.82) is 0 Å². The van der Waals surface area contributed by atoms with E-state index >= 15 is 0 Å². The average Bonchev–Trinajstić information content (AvgIpc) is 2.62. The third-order valence-corrected chi connectivity index (χ3v) is 6.44. The minimum atomic E-state index is 0.109. The molecule has 0 atom stereocenters. The number of piperazine rings is 1. The molecule has 0 aliphatic carbocycles. The molecule has 0 unspecified atom stereocenters. The molecule has 2 saturated heterocycles. The molecule has 3 rings (SSSR count). The number of pyridine rings is 1.